The molecule has 0 fully saturated rings. The largest absolute Gasteiger partial charge is 0.494 e. The Balaban J connectivity index is 1.77. The molecule has 5 nitrogen and oxygen atoms in total. The summed E-state index contributed by atoms with van der Waals surface area (Å²) in [4.78, 5) is 22.8. The van der Waals surface area contributed by atoms with Crippen molar-refractivity contribution in [2.24, 2.45) is 0 Å². The quantitative estimate of drug-likeness (QED) is 0.388. The Morgan fingerprint density at radius 2 is 1.90 bits per heavy atom. The molecule has 166 valence electrons. The lowest BCUT2D eigenvalue weighted by Gasteiger charge is -2.21. The Morgan fingerprint density at radius 3 is 2.58 bits per heavy atom. The molecular formula is C23H28FN3O2S2. The highest BCUT2D eigenvalue weighted by atomic mass is 32.2. The van der Waals surface area contributed by atoms with E-state index in [1.54, 1.807) is 35.9 Å². The second-order valence-electron chi connectivity index (χ2n) is 7.51. The minimum absolute atomic E-state index is 0.0454. The molecule has 0 saturated heterocycles. The van der Waals surface area contributed by atoms with E-state index in [0.717, 1.165) is 39.4 Å². The number of carbonyl (C=O) groups is 1. The molecule has 3 aromatic rings. The third-order valence-corrected chi connectivity index (χ3v) is 7.06. The van der Waals surface area contributed by atoms with Crippen LogP contribution in [0.3, 0.4) is 0 Å². The highest BCUT2D eigenvalue weighted by Crippen LogP contribution is 2.36. The molecule has 0 radical (unpaired) electrons. The summed E-state index contributed by atoms with van der Waals surface area (Å²) >= 11 is 3.08. The van der Waals surface area contributed by atoms with Gasteiger partial charge in [0.05, 0.1) is 11.8 Å². The van der Waals surface area contributed by atoms with E-state index < -0.39 is 0 Å². The van der Waals surface area contributed by atoms with E-state index in [-0.39, 0.29) is 11.7 Å². The van der Waals surface area contributed by atoms with Gasteiger partial charge in [0.25, 0.3) is 0 Å². The van der Waals surface area contributed by atoms with E-state index in [1.165, 1.54) is 23.5 Å². The van der Waals surface area contributed by atoms with Gasteiger partial charge in [-0.1, -0.05) is 17.4 Å². The van der Waals surface area contributed by atoms with Gasteiger partial charge in [0.2, 0.25) is 5.91 Å². The molecule has 0 aliphatic rings. The van der Waals surface area contributed by atoms with Crippen molar-refractivity contribution >= 4 is 44.4 Å². The molecule has 0 atom stereocenters. The number of hydrogen-bond donors (Lipinski definition) is 0. The maximum Gasteiger partial charge on any atom is 0.229 e. The topological polar surface area (TPSA) is 45.7 Å². The first-order valence-electron chi connectivity index (χ1n) is 10.2. The SMILES string of the molecule is COc1ccc(C)c2sc(N(CCCN(C)C)C(=O)CCSc3ccc(F)cc3)nc12. The van der Waals surface area contributed by atoms with Crippen LogP contribution in [-0.2, 0) is 4.79 Å². The number of methoxy groups -OCH3 is 1. The zero-order chi connectivity index (χ0) is 22.4. The third-order valence-electron chi connectivity index (χ3n) is 4.83. The number of benzene rings is 2. The number of rotatable bonds is 10. The smallest absolute Gasteiger partial charge is 0.229 e. The Kier molecular flexibility index (Phi) is 8.28. The van der Waals surface area contributed by atoms with Crippen LogP contribution in [0.4, 0.5) is 9.52 Å². The van der Waals surface area contributed by atoms with Crippen molar-refractivity contribution in [1.82, 2.24) is 9.88 Å². The van der Waals surface area contributed by atoms with E-state index in [4.69, 9.17) is 9.72 Å². The van der Waals surface area contributed by atoms with Crippen LogP contribution >= 0.6 is 23.1 Å². The minimum atomic E-state index is -0.256. The van der Waals surface area contributed by atoms with Crippen molar-refractivity contribution in [3.63, 3.8) is 0 Å². The molecular weight excluding hydrogens is 433 g/mol. The van der Waals surface area contributed by atoms with Gasteiger partial charge in [0.15, 0.2) is 5.13 Å². The van der Waals surface area contributed by atoms with Crippen molar-refractivity contribution in [2.45, 2.75) is 24.7 Å². The van der Waals surface area contributed by atoms with Gasteiger partial charge in [-0.15, -0.1) is 11.8 Å². The molecule has 1 aromatic heterocycles. The van der Waals surface area contributed by atoms with Crippen LogP contribution in [0.5, 0.6) is 5.75 Å². The molecule has 2 aromatic carbocycles. The molecule has 0 spiro atoms. The molecule has 0 bridgehead atoms. The summed E-state index contributed by atoms with van der Waals surface area (Å²) in [7, 11) is 5.69. The first-order chi connectivity index (χ1) is 14.9. The monoisotopic (exact) mass is 461 g/mol. The zero-order valence-corrected chi connectivity index (χ0v) is 20.0. The summed E-state index contributed by atoms with van der Waals surface area (Å²) in [5, 5.41) is 0.707. The van der Waals surface area contributed by atoms with Crippen LogP contribution in [0.15, 0.2) is 41.3 Å². The molecule has 0 aliphatic carbocycles. The molecule has 8 heteroatoms. The molecule has 31 heavy (non-hydrogen) atoms. The Hall–Kier alpha value is -2.16. The van der Waals surface area contributed by atoms with Crippen molar-refractivity contribution in [3.05, 3.63) is 47.8 Å². The number of thioether (sulfide) groups is 1. The number of hydrogen-bond acceptors (Lipinski definition) is 6. The third kappa shape index (κ3) is 6.18. The predicted octanol–water partition coefficient (Wildman–Crippen LogP) is 5.22. The summed E-state index contributed by atoms with van der Waals surface area (Å²) in [5.41, 5.74) is 1.92. The summed E-state index contributed by atoms with van der Waals surface area (Å²) in [6.07, 6.45) is 1.24. The fourth-order valence-corrected chi connectivity index (χ4v) is 5.11. The van der Waals surface area contributed by atoms with Gasteiger partial charge in [-0.05, 0) is 69.9 Å². The van der Waals surface area contributed by atoms with Gasteiger partial charge < -0.3 is 9.64 Å². The average molecular weight is 462 g/mol. The van der Waals surface area contributed by atoms with Crippen LogP contribution in [0.25, 0.3) is 10.2 Å². The fraction of sp³-hybridized carbons (Fsp3) is 0.391. The maximum atomic E-state index is 13.2. The summed E-state index contributed by atoms with van der Waals surface area (Å²) in [6, 6.07) is 10.3. The Labute approximate surface area is 191 Å². The lowest BCUT2D eigenvalue weighted by molar-refractivity contribution is -0.118. The number of anilines is 1. The number of amides is 1. The fourth-order valence-electron chi connectivity index (χ4n) is 3.17. The van der Waals surface area contributed by atoms with Gasteiger partial charge in [-0.3, -0.25) is 9.69 Å². The maximum absolute atomic E-state index is 13.2. The standard InChI is InChI=1S/C23H28FN3O2S2/c1-16-6-11-19(29-4)21-22(16)31-23(25-21)27(14-5-13-26(2)3)20(28)12-15-30-18-9-7-17(24)8-10-18/h6-11H,5,12-15H2,1-4H3. The lowest BCUT2D eigenvalue weighted by Crippen LogP contribution is -2.33. The highest BCUT2D eigenvalue weighted by molar-refractivity contribution is 7.99. The first kappa shape index (κ1) is 23.5. The Bertz CT molecular complexity index is 1020. The Morgan fingerprint density at radius 1 is 1.16 bits per heavy atom. The summed E-state index contributed by atoms with van der Waals surface area (Å²) < 4.78 is 19.6. The van der Waals surface area contributed by atoms with Gasteiger partial charge in [-0.25, -0.2) is 9.37 Å². The first-order valence-corrected chi connectivity index (χ1v) is 12.0. The summed E-state index contributed by atoms with van der Waals surface area (Å²) in [6.45, 7) is 3.54. The van der Waals surface area contributed by atoms with E-state index in [9.17, 15) is 9.18 Å². The van der Waals surface area contributed by atoms with Crippen LogP contribution in [-0.4, -0.2) is 55.8 Å². The number of halogens is 1. The van der Waals surface area contributed by atoms with Gasteiger partial charge >= 0.3 is 0 Å². The van der Waals surface area contributed by atoms with Crippen LogP contribution < -0.4 is 9.64 Å². The highest BCUT2D eigenvalue weighted by Gasteiger charge is 2.21. The number of nitrogens with zero attached hydrogens (tertiary/aromatic N) is 3. The average Bonchev–Trinajstić information content (AvgIpc) is 3.18. The van der Waals surface area contributed by atoms with Gasteiger partial charge in [0.1, 0.15) is 17.1 Å². The predicted molar refractivity (Wildman–Crippen MR) is 128 cm³/mol. The van der Waals surface area contributed by atoms with Gasteiger partial charge in [0, 0.05) is 23.6 Å². The van der Waals surface area contributed by atoms with Crippen LogP contribution in [0.1, 0.15) is 18.4 Å². The second-order valence-corrected chi connectivity index (χ2v) is 9.66. The molecule has 0 N–H and O–H groups in total. The van der Waals surface area contributed by atoms with E-state index in [2.05, 4.69) is 4.90 Å². The zero-order valence-electron chi connectivity index (χ0n) is 18.4. The number of aromatic nitrogens is 1. The molecule has 0 aliphatic heterocycles. The molecule has 1 heterocycles. The second kappa shape index (κ2) is 10.9. The summed E-state index contributed by atoms with van der Waals surface area (Å²) in [5.74, 6) is 1.13. The van der Waals surface area contributed by atoms with E-state index >= 15 is 0 Å². The number of aryl methyl sites for hydroxylation is 1. The van der Waals surface area contributed by atoms with Crippen LogP contribution in [0.2, 0.25) is 0 Å². The number of carbonyl (C=O) groups excluding carboxylic acids is 1. The number of fused-ring (bicyclic) bond motifs is 1. The number of ether oxygens (including phenoxy) is 1. The van der Waals surface area contributed by atoms with Crippen molar-refractivity contribution in [1.29, 1.82) is 0 Å². The van der Waals surface area contributed by atoms with Crippen LogP contribution in [0, 0.1) is 12.7 Å². The van der Waals surface area contributed by atoms with Gasteiger partial charge in [-0.2, -0.15) is 0 Å². The lowest BCUT2D eigenvalue weighted by atomic mass is 10.2. The van der Waals surface area contributed by atoms with E-state index in [0.29, 0.717) is 23.8 Å². The van der Waals surface area contributed by atoms with Crippen molar-refractivity contribution < 1.29 is 13.9 Å². The molecule has 0 saturated carbocycles. The normalized spacial score (nSPS) is 11.3. The molecule has 0 unspecified atom stereocenters. The molecule has 1 amide bonds. The van der Waals surface area contributed by atoms with Crippen molar-refractivity contribution in [2.75, 3.05) is 44.9 Å². The van der Waals surface area contributed by atoms with E-state index in [1.807, 2.05) is 33.2 Å². The molecule has 3 rings (SSSR count). The van der Waals surface area contributed by atoms with Crippen molar-refractivity contribution in [3.8, 4) is 5.75 Å². The minimum Gasteiger partial charge on any atom is -0.494 e. The number of thiazole rings is 1.